The summed E-state index contributed by atoms with van der Waals surface area (Å²) in [4.78, 5) is 18.2. The Morgan fingerprint density at radius 3 is 3.00 bits per heavy atom. The van der Waals surface area contributed by atoms with Crippen molar-refractivity contribution in [2.45, 2.75) is 6.92 Å². The Balaban J connectivity index is 2.21. The van der Waals surface area contributed by atoms with Gasteiger partial charge in [0.05, 0.1) is 11.0 Å². The molecule has 3 rings (SSSR count). The van der Waals surface area contributed by atoms with Crippen molar-refractivity contribution < 1.29 is 14.4 Å². The van der Waals surface area contributed by atoms with Crippen molar-refractivity contribution >= 4 is 17.0 Å². The molecule has 0 aliphatic carbocycles. The maximum absolute atomic E-state index is 10.8. The van der Waals surface area contributed by atoms with Gasteiger partial charge >= 0.3 is 5.97 Å². The number of rotatable bonds is 2. The second kappa shape index (κ2) is 3.69. The lowest BCUT2D eigenvalue weighted by atomic mass is 10.1. The summed E-state index contributed by atoms with van der Waals surface area (Å²) >= 11 is 0. The van der Waals surface area contributed by atoms with Crippen molar-refractivity contribution in [3.8, 4) is 11.3 Å². The van der Waals surface area contributed by atoms with E-state index < -0.39 is 5.97 Å². The average Bonchev–Trinajstić information content (AvgIpc) is 2.92. The van der Waals surface area contributed by atoms with Gasteiger partial charge < -0.3 is 14.6 Å². The van der Waals surface area contributed by atoms with Crippen molar-refractivity contribution in [1.29, 1.82) is 0 Å². The number of aromatic amines is 1. The summed E-state index contributed by atoms with van der Waals surface area (Å²) in [6.07, 6.45) is 0. The van der Waals surface area contributed by atoms with Gasteiger partial charge in [-0.15, -0.1) is 0 Å². The fraction of sp³-hybridized carbons (Fsp3) is 0.0833. The Hall–Kier alpha value is -2.63. The predicted octanol–water partition coefficient (Wildman–Crippen LogP) is 2.22. The fourth-order valence-electron chi connectivity index (χ4n) is 1.87. The van der Waals surface area contributed by atoms with E-state index in [0.29, 0.717) is 5.69 Å². The molecule has 18 heavy (non-hydrogen) atoms. The van der Waals surface area contributed by atoms with E-state index in [2.05, 4.69) is 15.1 Å². The van der Waals surface area contributed by atoms with Gasteiger partial charge in [-0.25, -0.2) is 9.78 Å². The first kappa shape index (κ1) is 10.5. The zero-order chi connectivity index (χ0) is 12.7. The summed E-state index contributed by atoms with van der Waals surface area (Å²) in [7, 11) is 0. The summed E-state index contributed by atoms with van der Waals surface area (Å²) in [5.74, 6) is -0.534. The van der Waals surface area contributed by atoms with Crippen LogP contribution in [0.2, 0.25) is 0 Å². The molecule has 0 unspecified atom stereocenters. The zero-order valence-electron chi connectivity index (χ0n) is 9.47. The van der Waals surface area contributed by atoms with Crippen molar-refractivity contribution in [3.63, 3.8) is 0 Å². The van der Waals surface area contributed by atoms with Crippen LogP contribution >= 0.6 is 0 Å². The van der Waals surface area contributed by atoms with Gasteiger partial charge in [-0.05, 0) is 13.0 Å². The maximum Gasteiger partial charge on any atom is 0.374 e. The summed E-state index contributed by atoms with van der Waals surface area (Å²) in [5.41, 5.74) is 2.84. The van der Waals surface area contributed by atoms with Gasteiger partial charge in [0.2, 0.25) is 5.76 Å². The smallest absolute Gasteiger partial charge is 0.374 e. The van der Waals surface area contributed by atoms with Crippen LogP contribution in [0.1, 0.15) is 16.4 Å². The first-order valence-corrected chi connectivity index (χ1v) is 5.31. The number of nitrogens with zero attached hydrogens (tertiary/aromatic N) is 2. The summed E-state index contributed by atoms with van der Waals surface area (Å²) in [5, 5.41) is 12.6. The molecule has 0 atom stereocenters. The summed E-state index contributed by atoms with van der Waals surface area (Å²) in [6.45, 7) is 1.86. The van der Waals surface area contributed by atoms with Crippen LogP contribution in [0, 0.1) is 6.92 Å². The Morgan fingerprint density at radius 2 is 2.28 bits per heavy atom. The van der Waals surface area contributed by atoms with E-state index in [9.17, 15) is 4.79 Å². The average molecular weight is 243 g/mol. The van der Waals surface area contributed by atoms with Gasteiger partial charge in [-0.1, -0.05) is 17.3 Å². The lowest BCUT2D eigenvalue weighted by Gasteiger charge is -1.95. The third kappa shape index (κ3) is 1.55. The molecule has 6 heteroatoms. The Labute approximate surface area is 101 Å². The van der Waals surface area contributed by atoms with Crippen LogP contribution in [0.3, 0.4) is 0 Å². The number of hydrogen-bond acceptors (Lipinski definition) is 4. The van der Waals surface area contributed by atoms with Gasteiger partial charge in [-0.2, -0.15) is 0 Å². The number of aromatic nitrogens is 3. The highest BCUT2D eigenvalue weighted by molar-refractivity contribution is 5.92. The largest absolute Gasteiger partial charge is 0.475 e. The highest BCUT2D eigenvalue weighted by Crippen LogP contribution is 2.26. The number of fused-ring (bicyclic) bond motifs is 1. The van der Waals surface area contributed by atoms with Crippen molar-refractivity contribution in [2.24, 2.45) is 0 Å². The third-order valence-electron chi connectivity index (χ3n) is 2.63. The zero-order valence-corrected chi connectivity index (χ0v) is 9.47. The minimum Gasteiger partial charge on any atom is -0.475 e. The minimum absolute atomic E-state index is 0.186. The number of benzene rings is 1. The molecule has 2 heterocycles. The van der Waals surface area contributed by atoms with Crippen molar-refractivity contribution in [1.82, 2.24) is 15.1 Å². The molecule has 2 N–H and O–H groups in total. The van der Waals surface area contributed by atoms with Crippen LogP contribution in [0.4, 0.5) is 0 Å². The molecule has 0 radical (unpaired) electrons. The van der Waals surface area contributed by atoms with Crippen LogP contribution < -0.4 is 0 Å². The van der Waals surface area contributed by atoms with E-state index in [1.165, 1.54) is 6.07 Å². The van der Waals surface area contributed by atoms with Crippen LogP contribution in [-0.4, -0.2) is 26.2 Å². The van der Waals surface area contributed by atoms with Crippen LogP contribution in [-0.2, 0) is 0 Å². The number of aryl methyl sites for hydroxylation is 1. The minimum atomic E-state index is -1.14. The van der Waals surface area contributed by atoms with Crippen LogP contribution in [0.5, 0.6) is 0 Å². The highest BCUT2D eigenvalue weighted by Gasteiger charge is 2.15. The quantitative estimate of drug-likeness (QED) is 0.720. The molecule has 6 nitrogen and oxygen atoms in total. The predicted molar refractivity (Wildman–Crippen MR) is 63.3 cm³/mol. The molecule has 90 valence electrons. The van der Waals surface area contributed by atoms with Gasteiger partial charge in [0.15, 0.2) is 0 Å². The monoisotopic (exact) mass is 243 g/mol. The molecule has 2 aromatic heterocycles. The Morgan fingerprint density at radius 1 is 1.44 bits per heavy atom. The highest BCUT2D eigenvalue weighted by atomic mass is 16.5. The number of aromatic carboxylic acids is 1. The third-order valence-corrected chi connectivity index (χ3v) is 2.63. The molecule has 0 aliphatic heterocycles. The number of carbonyl (C=O) groups is 1. The lowest BCUT2D eigenvalue weighted by molar-refractivity contribution is 0.0652. The number of carboxylic acids is 1. The number of carboxylic acid groups (broad SMARTS) is 1. The SMILES string of the molecule is Cc1nc2c(-c3cc(C(=O)O)on3)cccc2[nH]1. The number of H-pyrrole nitrogens is 1. The van der Waals surface area contributed by atoms with E-state index in [-0.39, 0.29) is 5.76 Å². The first-order chi connectivity index (χ1) is 8.65. The second-order valence-corrected chi connectivity index (χ2v) is 3.91. The molecule has 3 aromatic rings. The molecule has 0 saturated heterocycles. The topological polar surface area (TPSA) is 92.0 Å². The molecule has 0 bridgehead atoms. The Kier molecular flexibility index (Phi) is 2.16. The summed E-state index contributed by atoms with van der Waals surface area (Å²) in [6, 6.07) is 6.97. The number of imidazole rings is 1. The molecule has 0 amide bonds. The Bertz CT molecular complexity index is 742. The molecule has 0 spiro atoms. The molecular formula is C12H9N3O3. The molecule has 0 fully saturated rings. The standard InChI is InChI=1S/C12H9N3O3/c1-6-13-8-4-2-3-7(11(8)14-6)9-5-10(12(16)17)18-15-9/h2-5H,1H3,(H,13,14)(H,16,17). The van der Waals surface area contributed by atoms with Crippen LogP contribution in [0.15, 0.2) is 28.8 Å². The van der Waals surface area contributed by atoms with Gasteiger partial charge in [0, 0.05) is 11.6 Å². The van der Waals surface area contributed by atoms with E-state index in [0.717, 1.165) is 22.4 Å². The second-order valence-electron chi connectivity index (χ2n) is 3.91. The van der Waals surface area contributed by atoms with Crippen molar-refractivity contribution in [3.05, 3.63) is 35.9 Å². The number of nitrogens with one attached hydrogen (secondary N) is 1. The molecule has 0 saturated carbocycles. The normalized spacial score (nSPS) is 10.9. The maximum atomic E-state index is 10.8. The fourth-order valence-corrected chi connectivity index (χ4v) is 1.87. The molecular weight excluding hydrogens is 234 g/mol. The van der Waals surface area contributed by atoms with E-state index >= 15 is 0 Å². The van der Waals surface area contributed by atoms with E-state index in [1.54, 1.807) is 0 Å². The molecule has 1 aromatic carbocycles. The lowest BCUT2D eigenvalue weighted by Crippen LogP contribution is -1.91. The number of hydrogen-bond donors (Lipinski definition) is 2. The van der Waals surface area contributed by atoms with E-state index in [1.807, 2.05) is 25.1 Å². The van der Waals surface area contributed by atoms with Crippen LogP contribution in [0.25, 0.3) is 22.3 Å². The number of para-hydroxylation sites is 1. The van der Waals surface area contributed by atoms with Gasteiger partial charge in [-0.3, -0.25) is 0 Å². The molecule has 0 aliphatic rings. The van der Waals surface area contributed by atoms with E-state index in [4.69, 9.17) is 9.63 Å². The summed E-state index contributed by atoms with van der Waals surface area (Å²) < 4.78 is 4.75. The van der Waals surface area contributed by atoms with Gasteiger partial charge in [0.1, 0.15) is 11.5 Å². The van der Waals surface area contributed by atoms with Crippen molar-refractivity contribution in [2.75, 3.05) is 0 Å². The van der Waals surface area contributed by atoms with Gasteiger partial charge in [0.25, 0.3) is 0 Å². The first-order valence-electron chi connectivity index (χ1n) is 5.31.